The van der Waals surface area contributed by atoms with Crippen molar-refractivity contribution in [3.05, 3.63) is 24.3 Å². The smallest absolute Gasteiger partial charge is 0.161 e. The van der Waals surface area contributed by atoms with Crippen LogP contribution in [-0.2, 0) is 0 Å². The van der Waals surface area contributed by atoms with Gasteiger partial charge in [-0.15, -0.1) is 0 Å². The summed E-state index contributed by atoms with van der Waals surface area (Å²) in [4.78, 5) is 2.52. The standard InChI is InChI=1S/C15H22N2O2/c1-18-14-4-2-3-5-15(14)19-7-6-17-10-12-8-16-9-13(12)11-17/h2-5,12-13,16H,6-11H2,1H3/t12-,13+. The van der Waals surface area contributed by atoms with Crippen molar-refractivity contribution in [3.63, 3.8) is 0 Å². The molecule has 2 fully saturated rings. The predicted molar refractivity (Wildman–Crippen MR) is 74.8 cm³/mol. The maximum atomic E-state index is 5.83. The maximum absolute atomic E-state index is 5.83. The molecule has 0 spiro atoms. The predicted octanol–water partition coefficient (Wildman–Crippen LogP) is 1.23. The summed E-state index contributed by atoms with van der Waals surface area (Å²) < 4.78 is 11.1. The van der Waals surface area contributed by atoms with Gasteiger partial charge in [-0.3, -0.25) is 4.90 Å². The molecule has 1 aromatic rings. The third-order valence-electron chi connectivity index (χ3n) is 4.20. The Morgan fingerprint density at radius 1 is 1.16 bits per heavy atom. The summed E-state index contributed by atoms with van der Waals surface area (Å²) in [6, 6.07) is 7.83. The molecule has 0 unspecified atom stereocenters. The average Bonchev–Trinajstić information content (AvgIpc) is 3.00. The molecule has 1 N–H and O–H groups in total. The number of para-hydroxylation sites is 2. The molecule has 0 bridgehead atoms. The van der Waals surface area contributed by atoms with Crippen LogP contribution in [0.3, 0.4) is 0 Å². The number of methoxy groups -OCH3 is 1. The highest BCUT2D eigenvalue weighted by molar-refractivity contribution is 5.39. The molecule has 0 radical (unpaired) electrons. The van der Waals surface area contributed by atoms with Gasteiger partial charge >= 0.3 is 0 Å². The Morgan fingerprint density at radius 2 is 1.84 bits per heavy atom. The van der Waals surface area contributed by atoms with Gasteiger partial charge in [0.1, 0.15) is 6.61 Å². The Labute approximate surface area is 114 Å². The quantitative estimate of drug-likeness (QED) is 0.865. The van der Waals surface area contributed by atoms with E-state index in [9.17, 15) is 0 Å². The van der Waals surface area contributed by atoms with Crippen LogP contribution in [0.25, 0.3) is 0 Å². The molecule has 4 heteroatoms. The zero-order valence-electron chi connectivity index (χ0n) is 11.5. The molecule has 2 heterocycles. The summed E-state index contributed by atoms with van der Waals surface area (Å²) in [7, 11) is 1.68. The normalized spacial score (nSPS) is 26.4. The second-order valence-electron chi connectivity index (χ2n) is 5.44. The van der Waals surface area contributed by atoms with Gasteiger partial charge in [0, 0.05) is 19.6 Å². The Balaban J connectivity index is 1.46. The van der Waals surface area contributed by atoms with Crippen molar-refractivity contribution in [2.75, 3.05) is 46.4 Å². The summed E-state index contributed by atoms with van der Waals surface area (Å²) in [6.07, 6.45) is 0. The fourth-order valence-corrected chi connectivity index (χ4v) is 3.16. The van der Waals surface area contributed by atoms with E-state index in [1.54, 1.807) is 7.11 Å². The Kier molecular flexibility index (Phi) is 3.89. The van der Waals surface area contributed by atoms with E-state index in [1.165, 1.54) is 26.2 Å². The van der Waals surface area contributed by atoms with Crippen LogP contribution in [0.4, 0.5) is 0 Å². The highest BCUT2D eigenvalue weighted by Crippen LogP contribution is 2.27. The molecule has 1 aromatic carbocycles. The van der Waals surface area contributed by atoms with E-state index in [2.05, 4.69) is 10.2 Å². The lowest BCUT2D eigenvalue weighted by Gasteiger charge is -2.17. The molecule has 2 aliphatic heterocycles. The molecule has 2 aliphatic rings. The molecule has 2 saturated heterocycles. The Hall–Kier alpha value is -1.26. The maximum Gasteiger partial charge on any atom is 0.161 e. The zero-order valence-corrected chi connectivity index (χ0v) is 11.5. The van der Waals surface area contributed by atoms with Gasteiger partial charge in [-0.2, -0.15) is 0 Å². The lowest BCUT2D eigenvalue weighted by atomic mass is 10.0. The second-order valence-corrected chi connectivity index (χ2v) is 5.44. The van der Waals surface area contributed by atoms with Crippen LogP contribution >= 0.6 is 0 Å². The van der Waals surface area contributed by atoms with Gasteiger partial charge < -0.3 is 14.8 Å². The summed E-state index contributed by atoms with van der Waals surface area (Å²) in [5, 5.41) is 3.47. The monoisotopic (exact) mass is 262 g/mol. The van der Waals surface area contributed by atoms with Crippen LogP contribution in [0.5, 0.6) is 11.5 Å². The third kappa shape index (κ3) is 2.85. The van der Waals surface area contributed by atoms with Gasteiger partial charge in [-0.25, -0.2) is 0 Å². The number of ether oxygens (including phenoxy) is 2. The van der Waals surface area contributed by atoms with E-state index in [0.717, 1.165) is 36.5 Å². The van der Waals surface area contributed by atoms with Crippen molar-refractivity contribution in [2.45, 2.75) is 0 Å². The van der Waals surface area contributed by atoms with Crippen molar-refractivity contribution in [1.82, 2.24) is 10.2 Å². The molecule has 19 heavy (non-hydrogen) atoms. The lowest BCUT2D eigenvalue weighted by Crippen LogP contribution is -2.29. The first-order valence-electron chi connectivity index (χ1n) is 7.05. The number of likely N-dealkylation sites (tertiary alicyclic amines) is 1. The minimum absolute atomic E-state index is 0.729. The van der Waals surface area contributed by atoms with E-state index >= 15 is 0 Å². The van der Waals surface area contributed by atoms with Crippen molar-refractivity contribution in [1.29, 1.82) is 0 Å². The number of hydrogen-bond acceptors (Lipinski definition) is 4. The Morgan fingerprint density at radius 3 is 2.53 bits per heavy atom. The van der Waals surface area contributed by atoms with Gasteiger partial charge in [0.05, 0.1) is 7.11 Å². The molecular formula is C15H22N2O2. The van der Waals surface area contributed by atoms with Gasteiger partial charge in [-0.05, 0) is 37.1 Å². The van der Waals surface area contributed by atoms with Gasteiger partial charge in [-0.1, -0.05) is 12.1 Å². The summed E-state index contributed by atoms with van der Waals surface area (Å²) in [6.45, 7) is 6.54. The first kappa shape index (κ1) is 12.8. The number of nitrogens with one attached hydrogen (secondary N) is 1. The van der Waals surface area contributed by atoms with Crippen molar-refractivity contribution in [2.24, 2.45) is 11.8 Å². The SMILES string of the molecule is COc1ccccc1OCCN1C[C@H]2CNC[C@H]2C1. The first-order valence-corrected chi connectivity index (χ1v) is 7.05. The molecule has 3 rings (SSSR count). The van der Waals surface area contributed by atoms with Crippen molar-refractivity contribution in [3.8, 4) is 11.5 Å². The van der Waals surface area contributed by atoms with Gasteiger partial charge in [0.15, 0.2) is 11.5 Å². The largest absolute Gasteiger partial charge is 0.493 e. The number of rotatable bonds is 5. The fraction of sp³-hybridized carbons (Fsp3) is 0.600. The lowest BCUT2D eigenvalue weighted by molar-refractivity contribution is 0.222. The first-order chi connectivity index (χ1) is 9.36. The fourth-order valence-electron chi connectivity index (χ4n) is 3.16. The summed E-state index contributed by atoms with van der Waals surface area (Å²) in [5.41, 5.74) is 0. The van der Waals surface area contributed by atoms with Crippen LogP contribution < -0.4 is 14.8 Å². The number of fused-ring (bicyclic) bond motifs is 1. The molecule has 0 saturated carbocycles. The molecule has 0 aromatic heterocycles. The van der Waals surface area contributed by atoms with E-state index in [-0.39, 0.29) is 0 Å². The van der Waals surface area contributed by atoms with E-state index in [4.69, 9.17) is 9.47 Å². The molecule has 104 valence electrons. The van der Waals surface area contributed by atoms with E-state index in [1.807, 2.05) is 24.3 Å². The number of benzene rings is 1. The minimum Gasteiger partial charge on any atom is -0.493 e. The van der Waals surface area contributed by atoms with Crippen molar-refractivity contribution < 1.29 is 9.47 Å². The molecule has 0 amide bonds. The molecular weight excluding hydrogens is 240 g/mol. The number of nitrogens with zero attached hydrogens (tertiary/aromatic N) is 1. The van der Waals surface area contributed by atoms with Gasteiger partial charge in [0.25, 0.3) is 0 Å². The van der Waals surface area contributed by atoms with Crippen LogP contribution in [0, 0.1) is 11.8 Å². The summed E-state index contributed by atoms with van der Waals surface area (Å²) in [5.74, 6) is 3.36. The van der Waals surface area contributed by atoms with Crippen LogP contribution in [0.1, 0.15) is 0 Å². The Bertz CT molecular complexity index is 412. The summed E-state index contributed by atoms with van der Waals surface area (Å²) >= 11 is 0. The van der Waals surface area contributed by atoms with Crippen LogP contribution in [0.15, 0.2) is 24.3 Å². The molecule has 2 atom stereocenters. The third-order valence-corrected chi connectivity index (χ3v) is 4.20. The van der Waals surface area contributed by atoms with Crippen LogP contribution in [-0.4, -0.2) is 51.3 Å². The molecule has 0 aliphatic carbocycles. The minimum atomic E-state index is 0.729. The van der Waals surface area contributed by atoms with Gasteiger partial charge in [0.2, 0.25) is 0 Å². The number of hydrogen-bond donors (Lipinski definition) is 1. The second kappa shape index (κ2) is 5.80. The van der Waals surface area contributed by atoms with Crippen LogP contribution in [0.2, 0.25) is 0 Å². The topological polar surface area (TPSA) is 33.7 Å². The average molecular weight is 262 g/mol. The van der Waals surface area contributed by atoms with Crippen molar-refractivity contribution >= 4 is 0 Å². The van der Waals surface area contributed by atoms with E-state index < -0.39 is 0 Å². The highest BCUT2D eigenvalue weighted by atomic mass is 16.5. The molecule has 4 nitrogen and oxygen atoms in total. The highest BCUT2D eigenvalue weighted by Gasteiger charge is 2.35. The van der Waals surface area contributed by atoms with E-state index in [0.29, 0.717) is 0 Å². The zero-order chi connectivity index (χ0) is 13.1.